The molecule has 0 spiro atoms. The second-order valence-corrected chi connectivity index (χ2v) is 7.98. The molecule has 4 rings (SSSR count). The molecule has 4 aromatic rings. The second-order valence-electron chi connectivity index (χ2n) is 7.20. The van der Waals surface area contributed by atoms with E-state index in [1.165, 1.54) is 9.13 Å². The first-order valence-corrected chi connectivity index (χ1v) is 10.6. The fourth-order valence-corrected chi connectivity index (χ4v) is 3.82. The molecule has 0 atom stereocenters. The number of aromatic hydroxyl groups is 1. The Morgan fingerprint density at radius 3 is 2.22 bits per heavy atom. The van der Waals surface area contributed by atoms with E-state index < -0.39 is 11.4 Å². The van der Waals surface area contributed by atoms with E-state index in [-0.39, 0.29) is 10.5 Å². The van der Waals surface area contributed by atoms with Crippen LogP contribution in [0.3, 0.4) is 0 Å². The summed E-state index contributed by atoms with van der Waals surface area (Å²) >= 11 is 12.0. The summed E-state index contributed by atoms with van der Waals surface area (Å²) < 4.78 is 2.69. The highest BCUT2D eigenvalue weighted by molar-refractivity contribution is 7.71. The monoisotopic (exact) mass is 462 g/mol. The van der Waals surface area contributed by atoms with Crippen LogP contribution in [0, 0.1) is 18.6 Å². The van der Waals surface area contributed by atoms with Gasteiger partial charge in [0.1, 0.15) is 0 Å². The zero-order valence-electron chi connectivity index (χ0n) is 17.4. The maximum absolute atomic E-state index is 13.4. The fourth-order valence-electron chi connectivity index (χ4n) is 3.22. The summed E-state index contributed by atoms with van der Waals surface area (Å²) in [6.07, 6.45) is 0. The van der Waals surface area contributed by atoms with Crippen molar-refractivity contribution < 1.29 is 5.11 Å². The van der Waals surface area contributed by atoms with Gasteiger partial charge in [-0.3, -0.25) is 13.9 Å². The topological polar surface area (TPSA) is 71.9 Å². The molecule has 0 saturated carbocycles. The third-order valence-corrected chi connectivity index (χ3v) is 5.66. The molecule has 1 heterocycles. The molecule has 8 heteroatoms. The first kappa shape index (κ1) is 21.7. The van der Waals surface area contributed by atoms with Gasteiger partial charge in [0.2, 0.25) is 11.6 Å². The Morgan fingerprint density at radius 1 is 0.875 bits per heavy atom. The van der Waals surface area contributed by atoms with Gasteiger partial charge in [-0.25, -0.2) is 0 Å². The van der Waals surface area contributed by atoms with Crippen LogP contribution in [-0.2, 0) is 0 Å². The van der Waals surface area contributed by atoms with Gasteiger partial charge in [0.15, 0.2) is 4.77 Å². The molecular weight excluding hydrogens is 444 g/mol. The molecule has 0 aliphatic carbocycles. The lowest BCUT2D eigenvalue weighted by atomic mass is 10.2. The molecule has 0 bridgehead atoms. The van der Waals surface area contributed by atoms with Crippen molar-refractivity contribution in [1.29, 1.82) is 0 Å². The van der Waals surface area contributed by atoms with E-state index in [4.69, 9.17) is 23.8 Å². The first-order valence-electron chi connectivity index (χ1n) is 9.79. The Labute approximate surface area is 194 Å². The number of halogens is 1. The highest BCUT2D eigenvalue weighted by atomic mass is 35.5. The minimum Gasteiger partial charge on any atom is -0.492 e. The number of rotatable bonds is 4. The van der Waals surface area contributed by atoms with Crippen LogP contribution in [0.2, 0.25) is 5.02 Å². The predicted octanol–water partition coefficient (Wildman–Crippen LogP) is 6.75. The Morgan fingerprint density at radius 2 is 1.53 bits per heavy atom. The van der Waals surface area contributed by atoms with Crippen LogP contribution in [0.15, 0.2) is 87.8 Å². The van der Waals surface area contributed by atoms with Crippen molar-refractivity contribution in [2.24, 2.45) is 10.2 Å². The Bertz CT molecular complexity index is 1460. The van der Waals surface area contributed by atoms with Crippen LogP contribution in [0.25, 0.3) is 11.4 Å². The third-order valence-electron chi connectivity index (χ3n) is 4.97. The van der Waals surface area contributed by atoms with E-state index in [0.29, 0.717) is 22.1 Å². The largest absolute Gasteiger partial charge is 0.492 e. The van der Waals surface area contributed by atoms with Crippen LogP contribution in [0.4, 0.5) is 11.4 Å². The van der Waals surface area contributed by atoms with E-state index in [1.54, 1.807) is 42.5 Å². The predicted molar refractivity (Wildman–Crippen MR) is 129 cm³/mol. The van der Waals surface area contributed by atoms with Gasteiger partial charge < -0.3 is 5.11 Å². The van der Waals surface area contributed by atoms with Gasteiger partial charge in [-0.15, -0.1) is 10.2 Å². The van der Waals surface area contributed by atoms with E-state index in [9.17, 15) is 9.90 Å². The van der Waals surface area contributed by atoms with Crippen molar-refractivity contribution in [3.05, 3.63) is 104 Å². The number of aryl methyl sites for hydroxylation is 2. The van der Waals surface area contributed by atoms with Gasteiger partial charge in [0.25, 0.3) is 5.56 Å². The van der Waals surface area contributed by atoms with Crippen molar-refractivity contribution in [2.75, 3.05) is 0 Å². The minimum absolute atomic E-state index is 0.0549. The van der Waals surface area contributed by atoms with E-state index in [0.717, 1.165) is 11.1 Å². The third kappa shape index (κ3) is 4.00. The number of aromatic nitrogens is 2. The number of nitrogens with zero attached hydrogens (tertiary/aromatic N) is 4. The van der Waals surface area contributed by atoms with Gasteiger partial charge in [-0.1, -0.05) is 59.6 Å². The molecule has 0 radical (unpaired) electrons. The van der Waals surface area contributed by atoms with Gasteiger partial charge >= 0.3 is 0 Å². The SMILES string of the molecule is Cc1ccc(-n2c(=O)c(N=Nc3ccccc3C)c(O)n(-c3ccccc3Cl)c2=S)cc1. The van der Waals surface area contributed by atoms with Crippen molar-refractivity contribution in [3.63, 3.8) is 0 Å². The second kappa shape index (κ2) is 8.90. The first-order chi connectivity index (χ1) is 15.4. The molecular formula is C24H19ClN4O2S. The van der Waals surface area contributed by atoms with Crippen LogP contribution in [-0.4, -0.2) is 14.2 Å². The molecule has 160 valence electrons. The average Bonchev–Trinajstić information content (AvgIpc) is 2.77. The molecule has 0 amide bonds. The van der Waals surface area contributed by atoms with E-state index >= 15 is 0 Å². The van der Waals surface area contributed by atoms with Crippen LogP contribution < -0.4 is 5.56 Å². The van der Waals surface area contributed by atoms with E-state index in [2.05, 4.69) is 10.2 Å². The minimum atomic E-state index is -0.586. The lowest BCUT2D eigenvalue weighted by molar-refractivity contribution is 0.432. The molecule has 6 nitrogen and oxygen atoms in total. The molecule has 0 unspecified atom stereocenters. The van der Waals surface area contributed by atoms with Crippen molar-refractivity contribution in [3.8, 4) is 17.3 Å². The number of azo groups is 1. The summed E-state index contributed by atoms with van der Waals surface area (Å²) in [4.78, 5) is 13.4. The normalized spacial score (nSPS) is 11.2. The average molecular weight is 463 g/mol. The van der Waals surface area contributed by atoms with Crippen LogP contribution in [0.1, 0.15) is 11.1 Å². The van der Waals surface area contributed by atoms with Gasteiger partial charge in [0.05, 0.1) is 22.1 Å². The molecule has 3 aromatic carbocycles. The summed E-state index contributed by atoms with van der Waals surface area (Å²) in [6, 6.07) is 21.6. The molecule has 0 fully saturated rings. The maximum Gasteiger partial charge on any atom is 0.290 e. The summed E-state index contributed by atoms with van der Waals surface area (Å²) in [7, 11) is 0. The van der Waals surface area contributed by atoms with Crippen LogP contribution in [0.5, 0.6) is 5.88 Å². The quantitative estimate of drug-likeness (QED) is 0.269. The zero-order valence-corrected chi connectivity index (χ0v) is 18.9. The van der Waals surface area contributed by atoms with Gasteiger partial charge in [-0.2, -0.15) is 0 Å². The smallest absolute Gasteiger partial charge is 0.290 e. The number of para-hydroxylation sites is 1. The Hall–Kier alpha value is -3.55. The molecule has 0 aliphatic rings. The molecule has 0 aliphatic heterocycles. The molecule has 1 aromatic heterocycles. The van der Waals surface area contributed by atoms with Gasteiger partial charge in [-0.05, 0) is 62.0 Å². The van der Waals surface area contributed by atoms with Crippen LogP contribution >= 0.6 is 23.8 Å². The molecule has 0 saturated heterocycles. The summed E-state index contributed by atoms with van der Waals surface area (Å²) in [6.45, 7) is 3.83. The lowest BCUT2D eigenvalue weighted by Gasteiger charge is -2.16. The fraction of sp³-hybridized carbons (Fsp3) is 0.0833. The maximum atomic E-state index is 13.4. The Balaban J connectivity index is 2.04. The highest BCUT2D eigenvalue weighted by Crippen LogP contribution is 2.32. The number of benzene rings is 3. The van der Waals surface area contributed by atoms with Crippen molar-refractivity contribution >= 4 is 35.2 Å². The molecule has 32 heavy (non-hydrogen) atoms. The zero-order chi connectivity index (χ0) is 22.8. The van der Waals surface area contributed by atoms with Crippen molar-refractivity contribution in [1.82, 2.24) is 9.13 Å². The Kier molecular flexibility index (Phi) is 6.03. The lowest BCUT2D eigenvalue weighted by Crippen LogP contribution is -2.23. The highest BCUT2D eigenvalue weighted by Gasteiger charge is 2.20. The number of hydrogen-bond donors (Lipinski definition) is 1. The summed E-state index contributed by atoms with van der Waals surface area (Å²) in [5, 5.41) is 19.8. The molecule has 1 N–H and O–H groups in total. The van der Waals surface area contributed by atoms with E-state index in [1.807, 2.05) is 44.2 Å². The van der Waals surface area contributed by atoms with Crippen molar-refractivity contribution in [2.45, 2.75) is 13.8 Å². The van der Waals surface area contributed by atoms with Gasteiger partial charge in [0, 0.05) is 0 Å². The summed E-state index contributed by atoms with van der Waals surface area (Å²) in [5.74, 6) is -0.436. The number of hydrogen-bond acceptors (Lipinski definition) is 5. The standard InChI is InChI=1S/C24H19ClN4O2S/c1-15-11-13-17(14-12-15)28-22(30)21(27-26-19-9-5-3-7-16(19)2)23(31)29(24(28)32)20-10-6-4-8-18(20)25/h3-14,31H,1-2H3. The summed E-state index contributed by atoms with van der Waals surface area (Å²) in [5.41, 5.74) is 2.63.